The van der Waals surface area contributed by atoms with Crippen LogP contribution in [0.4, 0.5) is 21.0 Å². The first-order valence-corrected chi connectivity index (χ1v) is 13.8. The van der Waals surface area contributed by atoms with Gasteiger partial charge in [-0.05, 0) is 69.4 Å². The van der Waals surface area contributed by atoms with Gasteiger partial charge in [-0.25, -0.2) is 9.59 Å². The second kappa shape index (κ2) is 9.45. The van der Waals surface area contributed by atoms with Crippen LogP contribution in [-0.2, 0) is 6.54 Å². The summed E-state index contributed by atoms with van der Waals surface area (Å²) in [4.78, 5) is 39.0. The molecule has 42 heavy (non-hydrogen) atoms. The Morgan fingerprint density at radius 2 is 1.48 bits per heavy atom. The van der Waals surface area contributed by atoms with Crippen molar-refractivity contribution in [1.82, 2.24) is 5.32 Å². The zero-order valence-corrected chi connectivity index (χ0v) is 22.4. The number of fused-ring (bicyclic) bond motifs is 6. The van der Waals surface area contributed by atoms with Crippen molar-refractivity contribution in [3.63, 3.8) is 0 Å². The number of benzene rings is 5. The van der Waals surface area contributed by atoms with E-state index in [1.165, 1.54) is 16.3 Å². The molecule has 0 saturated carbocycles. The topological polar surface area (TPSA) is 86.5 Å². The largest absolute Gasteiger partial charge is 0.368 e. The number of carbonyl (C=O) groups is 2. The third-order valence-electron chi connectivity index (χ3n) is 8.00. The molecule has 2 heterocycles. The molecule has 5 aromatic rings. The summed E-state index contributed by atoms with van der Waals surface area (Å²) in [6.07, 6.45) is 3.80. The van der Waals surface area contributed by atoms with Crippen molar-refractivity contribution in [2.24, 2.45) is 15.0 Å². The number of carbonyl (C=O) groups excluding carboxylic acids is 2. The highest BCUT2D eigenvalue weighted by Crippen LogP contribution is 2.36. The lowest BCUT2D eigenvalue weighted by molar-refractivity contribution is 0.250. The Morgan fingerprint density at radius 3 is 2.31 bits per heavy atom. The monoisotopic (exact) mass is 545 g/mol. The number of amides is 4. The van der Waals surface area contributed by atoms with Crippen molar-refractivity contribution < 1.29 is 9.59 Å². The molecule has 200 valence electrons. The van der Waals surface area contributed by atoms with Gasteiger partial charge in [0.2, 0.25) is 0 Å². The van der Waals surface area contributed by atoms with E-state index in [4.69, 9.17) is 0 Å². The Kier molecular flexibility index (Phi) is 5.43. The summed E-state index contributed by atoms with van der Waals surface area (Å²) in [5.74, 6) is 0. The van der Waals surface area contributed by atoms with Gasteiger partial charge in [0.15, 0.2) is 0 Å². The molecule has 1 N–H and O–H groups in total. The van der Waals surface area contributed by atoms with Crippen molar-refractivity contribution in [3.8, 4) is 11.1 Å². The number of rotatable bonds is 5. The number of hydrogen-bond acceptors (Lipinski definition) is 3. The van der Waals surface area contributed by atoms with Crippen molar-refractivity contribution >= 4 is 46.0 Å². The fourth-order valence-electron chi connectivity index (χ4n) is 6.03. The van der Waals surface area contributed by atoms with Crippen LogP contribution in [0.15, 0.2) is 124 Å². The molecule has 0 saturated heterocycles. The number of nitrogens with one attached hydrogen (secondary N) is 1. The van der Waals surface area contributed by atoms with Gasteiger partial charge in [0, 0.05) is 23.5 Å². The minimum Gasteiger partial charge on any atom is -0.337 e. The molecule has 7 nitrogen and oxygen atoms in total. The van der Waals surface area contributed by atoms with Crippen LogP contribution in [0.5, 0.6) is 0 Å². The van der Waals surface area contributed by atoms with E-state index in [1.54, 1.807) is 0 Å². The van der Waals surface area contributed by atoms with Gasteiger partial charge < -0.3 is 10.2 Å². The number of hydrogen-bond donors (Lipinski definition) is 1. The lowest BCUT2D eigenvalue weighted by Crippen LogP contribution is -2.37. The SMILES string of the molecule is O=C1N=c2cc(-c3ccc(N(Cc4ccccc4)c4ccc5ccccc5c4)cc3)c3c(c2=N1)C1NC(=O)N=C1C=C3. The maximum absolute atomic E-state index is 12.2. The second-order valence-electron chi connectivity index (χ2n) is 10.5. The molecule has 7 heteroatoms. The van der Waals surface area contributed by atoms with Crippen LogP contribution in [0.3, 0.4) is 0 Å². The highest BCUT2D eigenvalue weighted by atomic mass is 16.2. The predicted octanol–water partition coefficient (Wildman–Crippen LogP) is 6.45. The first-order chi connectivity index (χ1) is 20.6. The lowest BCUT2D eigenvalue weighted by Gasteiger charge is -2.26. The molecule has 0 bridgehead atoms. The Bertz CT molecular complexity index is 2130. The van der Waals surface area contributed by atoms with E-state index in [2.05, 4.69) is 116 Å². The average Bonchev–Trinajstić information content (AvgIpc) is 3.60. The molecule has 3 aliphatic rings. The van der Waals surface area contributed by atoms with Gasteiger partial charge in [0.25, 0.3) is 0 Å². The second-order valence-corrected chi connectivity index (χ2v) is 10.5. The molecule has 0 radical (unpaired) electrons. The summed E-state index contributed by atoms with van der Waals surface area (Å²) in [6.45, 7) is 0.710. The van der Waals surface area contributed by atoms with Crippen LogP contribution in [0, 0.1) is 0 Å². The summed E-state index contributed by atoms with van der Waals surface area (Å²) < 4.78 is 0. The van der Waals surface area contributed by atoms with Crippen LogP contribution < -0.4 is 20.9 Å². The van der Waals surface area contributed by atoms with E-state index in [-0.39, 0.29) is 0 Å². The Balaban J connectivity index is 1.23. The van der Waals surface area contributed by atoms with Gasteiger partial charge in [-0.3, -0.25) is 0 Å². The molecule has 0 aromatic heterocycles. The van der Waals surface area contributed by atoms with Gasteiger partial charge in [0.1, 0.15) is 11.4 Å². The molecule has 0 fully saturated rings. The molecule has 0 spiro atoms. The molecule has 5 aromatic carbocycles. The van der Waals surface area contributed by atoms with Gasteiger partial charge in [-0.2, -0.15) is 15.0 Å². The van der Waals surface area contributed by atoms with E-state index in [0.717, 1.165) is 33.6 Å². The molecular formula is C35H23N5O2. The van der Waals surface area contributed by atoms with Crippen molar-refractivity contribution in [1.29, 1.82) is 0 Å². The zero-order valence-electron chi connectivity index (χ0n) is 22.4. The van der Waals surface area contributed by atoms with E-state index < -0.39 is 18.1 Å². The molecule has 1 unspecified atom stereocenters. The maximum atomic E-state index is 12.2. The van der Waals surface area contributed by atoms with Crippen LogP contribution in [0.25, 0.3) is 28.0 Å². The highest BCUT2D eigenvalue weighted by molar-refractivity contribution is 6.15. The van der Waals surface area contributed by atoms with Crippen molar-refractivity contribution in [2.75, 3.05) is 4.90 Å². The van der Waals surface area contributed by atoms with Gasteiger partial charge in [-0.15, -0.1) is 0 Å². The van der Waals surface area contributed by atoms with Gasteiger partial charge in [0.05, 0.1) is 11.1 Å². The minimum absolute atomic E-state index is 0.399. The average molecular weight is 546 g/mol. The normalized spacial score (nSPS) is 16.2. The van der Waals surface area contributed by atoms with Crippen LogP contribution >= 0.6 is 0 Å². The summed E-state index contributed by atoms with van der Waals surface area (Å²) >= 11 is 0. The summed E-state index contributed by atoms with van der Waals surface area (Å²) in [5.41, 5.74) is 7.52. The third-order valence-corrected chi connectivity index (χ3v) is 8.00. The number of urea groups is 2. The summed E-state index contributed by atoms with van der Waals surface area (Å²) in [5, 5.41) is 6.30. The maximum Gasteiger partial charge on any atom is 0.368 e. The van der Waals surface area contributed by atoms with Crippen molar-refractivity contribution in [2.45, 2.75) is 12.6 Å². The van der Waals surface area contributed by atoms with Crippen LogP contribution in [0.2, 0.25) is 0 Å². The van der Waals surface area contributed by atoms with Gasteiger partial charge >= 0.3 is 12.1 Å². The molecule has 4 amide bonds. The quantitative estimate of drug-likeness (QED) is 0.275. The zero-order chi connectivity index (χ0) is 28.2. The first-order valence-electron chi connectivity index (χ1n) is 13.8. The van der Waals surface area contributed by atoms with E-state index in [0.29, 0.717) is 23.0 Å². The fourth-order valence-corrected chi connectivity index (χ4v) is 6.03. The number of aliphatic imine (C=N–C) groups is 1. The summed E-state index contributed by atoms with van der Waals surface area (Å²) in [6, 6.07) is 34.3. The van der Waals surface area contributed by atoms with E-state index in [1.807, 2.05) is 24.3 Å². The Labute approximate surface area is 240 Å². The van der Waals surface area contributed by atoms with Gasteiger partial charge in [-0.1, -0.05) is 78.9 Å². The highest BCUT2D eigenvalue weighted by Gasteiger charge is 2.33. The summed E-state index contributed by atoms with van der Waals surface area (Å²) in [7, 11) is 0. The van der Waals surface area contributed by atoms with E-state index in [9.17, 15) is 9.59 Å². The van der Waals surface area contributed by atoms with Crippen LogP contribution in [0.1, 0.15) is 22.7 Å². The molecular weight excluding hydrogens is 522 g/mol. The molecule has 1 atom stereocenters. The molecule has 8 rings (SSSR count). The smallest absolute Gasteiger partial charge is 0.337 e. The number of anilines is 2. The van der Waals surface area contributed by atoms with E-state index >= 15 is 0 Å². The Morgan fingerprint density at radius 1 is 0.714 bits per heavy atom. The molecule has 1 aliphatic carbocycles. The van der Waals surface area contributed by atoms with Crippen LogP contribution in [-0.4, -0.2) is 17.8 Å². The lowest BCUT2D eigenvalue weighted by atomic mass is 9.85. The molecule has 2 aliphatic heterocycles. The third kappa shape index (κ3) is 4.02. The van der Waals surface area contributed by atoms with Crippen molar-refractivity contribution in [3.05, 3.63) is 137 Å². The predicted molar refractivity (Wildman–Crippen MR) is 164 cm³/mol. The standard InChI is InChI=1S/C35H23N5O2/c41-34-36-29-17-16-27-28(19-30-33(39-35(42)37-30)31(27)32(29)38-34)23-11-13-25(14-12-23)40(20-21-6-2-1-3-7-21)26-15-10-22-8-4-5-9-24(22)18-26/h1-19,32H,20H2,(H,38,41). The fraction of sp³-hybridized carbons (Fsp3) is 0.0571. The Hall–Kier alpha value is -5.69. The first kappa shape index (κ1) is 24.1. The number of nitrogens with zero attached hydrogens (tertiary/aromatic N) is 4. The minimum atomic E-state index is -0.538.